The van der Waals surface area contributed by atoms with Gasteiger partial charge < -0.3 is 15.8 Å². The molecule has 4 nitrogen and oxygen atoms in total. The van der Waals surface area contributed by atoms with E-state index in [1.807, 2.05) is 0 Å². The number of methoxy groups -OCH3 is 1. The lowest BCUT2D eigenvalue weighted by Gasteiger charge is -2.08. The SMILES string of the molecule is COc1ccc(C(=O)NCC(F)F)c(N)c1. The highest BCUT2D eigenvalue weighted by atomic mass is 19.3. The molecule has 0 heterocycles. The lowest BCUT2D eigenvalue weighted by atomic mass is 10.1. The van der Waals surface area contributed by atoms with E-state index in [1.54, 1.807) is 0 Å². The summed E-state index contributed by atoms with van der Waals surface area (Å²) in [5, 5.41) is 2.07. The van der Waals surface area contributed by atoms with Crippen LogP contribution in [0.1, 0.15) is 10.4 Å². The lowest BCUT2D eigenvalue weighted by Crippen LogP contribution is -2.29. The van der Waals surface area contributed by atoms with Crippen molar-refractivity contribution in [2.24, 2.45) is 0 Å². The first-order valence-electron chi connectivity index (χ1n) is 4.54. The van der Waals surface area contributed by atoms with Gasteiger partial charge in [0.2, 0.25) is 0 Å². The Bertz CT molecular complexity index is 383. The number of carbonyl (C=O) groups is 1. The lowest BCUT2D eigenvalue weighted by molar-refractivity contribution is 0.0892. The highest BCUT2D eigenvalue weighted by Gasteiger charge is 2.12. The molecule has 0 saturated carbocycles. The number of hydrogen-bond acceptors (Lipinski definition) is 3. The number of halogens is 2. The molecule has 1 amide bonds. The van der Waals surface area contributed by atoms with Crippen molar-refractivity contribution >= 4 is 11.6 Å². The normalized spacial score (nSPS) is 10.2. The summed E-state index contributed by atoms with van der Waals surface area (Å²) in [4.78, 5) is 11.4. The average Bonchev–Trinajstić information content (AvgIpc) is 2.25. The number of alkyl halides is 2. The van der Waals surface area contributed by atoms with Crippen LogP contribution in [0.2, 0.25) is 0 Å². The van der Waals surface area contributed by atoms with Gasteiger partial charge in [-0.05, 0) is 12.1 Å². The summed E-state index contributed by atoms with van der Waals surface area (Å²) in [6.45, 7) is -0.690. The standard InChI is InChI=1S/C10H12F2N2O2/c1-16-6-2-3-7(8(13)4-6)10(15)14-5-9(11)12/h2-4,9H,5,13H2,1H3,(H,14,15). The molecule has 3 N–H and O–H groups in total. The highest BCUT2D eigenvalue weighted by Crippen LogP contribution is 2.19. The molecule has 0 unspecified atom stereocenters. The molecular weight excluding hydrogens is 218 g/mol. The Balaban J connectivity index is 2.76. The van der Waals surface area contributed by atoms with Gasteiger partial charge in [0.25, 0.3) is 12.3 Å². The van der Waals surface area contributed by atoms with Crippen LogP contribution in [0.5, 0.6) is 5.75 Å². The van der Waals surface area contributed by atoms with Gasteiger partial charge in [-0.3, -0.25) is 4.79 Å². The van der Waals surface area contributed by atoms with Crippen molar-refractivity contribution in [2.45, 2.75) is 6.43 Å². The summed E-state index contributed by atoms with van der Waals surface area (Å²) in [6, 6.07) is 4.42. The minimum Gasteiger partial charge on any atom is -0.497 e. The van der Waals surface area contributed by atoms with Crippen molar-refractivity contribution in [3.63, 3.8) is 0 Å². The number of amides is 1. The molecule has 1 rings (SSSR count). The number of anilines is 1. The van der Waals surface area contributed by atoms with Gasteiger partial charge in [0.1, 0.15) is 5.75 Å². The molecule has 0 aromatic heterocycles. The Morgan fingerprint density at radius 3 is 2.75 bits per heavy atom. The molecule has 0 aliphatic carbocycles. The predicted molar refractivity (Wildman–Crippen MR) is 55.7 cm³/mol. The fourth-order valence-corrected chi connectivity index (χ4v) is 1.14. The zero-order chi connectivity index (χ0) is 12.1. The van der Waals surface area contributed by atoms with Gasteiger partial charge in [-0.1, -0.05) is 0 Å². The van der Waals surface area contributed by atoms with Crippen LogP contribution in [-0.4, -0.2) is 26.0 Å². The predicted octanol–water partition coefficient (Wildman–Crippen LogP) is 1.27. The smallest absolute Gasteiger partial charge is 0.255 e. The molecule has 0 spiro atoms. The maximum atomic E-state index is 11.9. The number of nitrogen functional groups attached to an aromatic ring is 1. The molecule has 0 aliphatic rings. The molecule has 6 heteroatoms. The second-order valence-electron chi connectivity index (χ2n) is 3.05. The molecule has 0 saturated heterocycles. The van der Waals surface area contributed by atoms with E-state index in [1.165, 1.54) is 25.3 Å². The van der Waals surface area contributed by atoms with Crippen molar-refractivity contribution in [3.05, 3.63) is 23.8 Å². The van der Waals surface area contributed by atoms with Crippen molar-refractivity contribution in [3.8, 4) is 5.75 Å². The zero-order valence-corrected chi connectivity index (χ0v) is 8.67. The molecule has 0 aliphatic heterocycles. The molecular formula is C10H12F2N2O2. The van der Waals surface area contributed by atoms with Crippen molar-refractivity contribution in [1.82, 2.24) is 5.32 Å². The maximum Gasteiger partial charge on any atom is 0.255 e. The third-order valence-corrected chi connectivity index (χ3v) is 1.92. The Morgan fingerprint density at radius 2 is 2.25 bits per heavy atom. The molecule has 1 aromatic rings. The Labute approximate surface area is 91.4 Å². The first-order chi connectivity index (χ1) is 7.54. The van der Waals surface area contributed by atoms with Crippen LogP contribution >= 0.6 is 0 Å². The van der Waals surface area contributed by atoms with Gasteiger partial charge in [-0.2, -0.15) is 0 Å². The fraction of sp³-hybridized carbons (Fsp3) is 0.300. The van der Waals surface area contributed by atoms with Crippen LogP contribution in [-0.2, 0) is 0 Å². The number of hydrogen-bond donors (Lipinski definition) is 2. The van der Waals surface area contributed by atoms with Crippen molar-refractivity contribution in [1.29, 1.82) is 0 Å². The molecule has 0 bridgehead atoms. The summed E-state index contributed by atoms with van der Waals surface area (Å²) < 4.78 is 28.6. The zero-order valence-electron chi connectivity index (χ0n) is 8.67. The molecule has 1 aromatic carbocycles. The first kappa shape index (κ1) is 12.2. The van der Waals surface area contributed by atoms with E-state index in [4.69, 9.17) is 10.5 Å². The van der Waals surface area contributed by atoms with Gasteiger partial charge in [0, 0.05) is 11.8 Å². The van der Waals surface area contributed by atoms with Crippen LogP contribution in [0.4, 0.5) is 14.5 Å². The van der Waals surface area contributed by atoms with Crippen LogP contribution < -0.4 is 15.8 Å². The number of carbonyl (C=O) groups excluding carboxylic acids is 1. The Hall–Kier alpha value is -1.85. The van der Waals surface area contributed by atoms with E-state index in [9.17, 15) is 13.6 Å². The molecule has 0 atom stereocenters. The van der Waals surface area contributed by atoms with E-state index < -0.39 is 18.9 Å². The van der Waals surface area contributed by atoms with E-state index in [-0.39, 0.29) is 11.3 Å². The summed E-state index contributed by atoms with van der Waals surface area (Å²) in [5.74, 6) is -0.122. The van der Waals surface area contributed by atoms with Crippen LogP contribution in [0.15, 0.2) is 18.2 Å². The van der Waals surface area contributed by atoms with E-state index in [0.717, 1.165) is 0 Å². The minimum atomic E-state index is -2.58. The Morgan fingerprint density at radius 1 is 1.56 bits per heavy atom. The molecule has 0 fully saturated rings. The number of nitrogens with two attached hydrogens (primary N) is 1. The summed E-state index contributed by atoms with van der Waals surface area (Å²) >= 11 is 0. The topological polar surface area (TPSA) is 64.3 Å². The third kappa shape index (κ3) is 3.08. The van der Waals surface area contributed by atoms with Gasteiger partial charge in [-0.15, -0.1) is 0 Å². The maximum absolute atomic E-state index is 11.9. The van der Waals surface area contributed by atoms with Gasteiger partial charge >= 0.3 is 0 Å². The third-order valence-electron chi connectivity index (χ3n) is 1.92. The van der Waals surface area contributed by atoms with Crippen molar-refractivity contribution < 1.29 is 18.3 Å². The quantitative estimate of drug-likeness (QED) is 0.765. The number of nitrogens with one attached hydrogen (secondary N) is 1. The molecule has 16 heavy (non-hydrogen) atoms. The Kier molecular flexibility index (Phi) is 4.04. The van der Waals surface area contributed by atoms with Gasteiger partial charge in [-0.25, -0.2) is 8.78 Å². The van der Waals surface area contributed by atoms with Crippen LogP contribution in [0, 0.1) is 0 Å². The fourth-order valence-electron chi connectivity index (χ4n) is 1.14. The second-order valence-corrected chi connectivity index (χ2v) is 3.05. The largest absolute Gasteiger partial charge is 0.497 e. The highest BCUT2D eigenvalue weighted by molar-refractivity contribution is 5.99. The number of rotatable bonds is 4. The molecule has 88 valence electrons. The summed E-state index contributed by atoms with van der Waals surface area (Å²) in [5.41, 5.74) is 5.92. The number of ether oxygens (including phenoxy) is 1. The van der Waals surface area contributed by atoms with Crippen molar-refractivity contribution in [2.75, 3.05) is 19.4 Å². The van der Waals surface area contributed by atoms with Gasteiger partial charge in [0.05, 0.1) is 19.2 Å². The van der Waals surface area contributed by atoms with Crippen LogP contribution in [0.3, 0.4) is 0 Å². The van der Waals surface area contributed by atoms with Crippen LogP contribution in [0.25, 0.3) is 0 Å². The van der Waals surface area contributed by atoms with E-state index in [2.05, 4.69) is 5.32 Å². The minimum absolute atomic E-state index is 0.154. The van der Waals surface area contributed by atoms with Gasteiger partial charge in [0.15, 0.2) is 0 Å². The number of benzene rings is 1. The average molecular weight is 230 g/mol. The summed E-state index contributed by atoms with van der Waals surface area (Å²) in [6.07, 6.45) is -2.58. The second kappa shape index (κ2) is 5.29. The van der Waals surface area contributed by atoms with E-state index >= 15 is 0 Å². The molecule has 0 radical (unpaired) electrons. The van der Waals surface area contributed by atoms with E-state index in [0.29, 0.717) is 5.75 Å². The first-order valence-corrected chi connectivity index (χ1v) is 4.54. The monoisotopic (exact) mass is 230 g/mol. The summed E-state index contributed by atoms with van der Waals surface area (Å²) in [7, 11) is 1.46.